The van der Waals surface area contributed by atoms with Gasteiger partial charge in [-0.1, -0.05) is 73.8 Å². The van der Waals surface area contributed by atoms with Crippen LogP contribution in [0.15, 0.2) is 56.6 Å². The van der Waals surface area contributed by atoms with Gasteiger partial charge in [0.15, 0.2) is 5.82 Å². The first-order chi connectivity index (χ1) is 18.1. The molecule has 4 aromatic rings. The van der Waals surface area contributed by atoms with Gasteiger partial charge in [-0.3, -0.25) is 14.1 Å². The zero-order chi connectivity index (χ0) is 25.6. The van der Waals surface area contributed by atoms with Crippen molar-refractivity contribution in [1.29, 1.82) is 0 Å². The Bertz CT molecular complexity index is 1400. The van der Waals surface area contributed by atoms with Crippen LogP contribution in [0.3, 0.4) is 0 Å². The van der Waals surface area contributed by atoms with E-state index in [-0.39, 0.29) is 17.5 Å². The zero-order valence-corrected chi connectivity index (χ0v) is 21.3. The van der Waals surface area contributed by atoms with E-state index in [1.54, 1.807) is 4.68 Å². The van der Waals surface area contributed by atoms with Crippen LogP contribution in [0.4, 0.5) is 0 Å². The monoisotopic (exact) mass is 499 g/mol. The van der Waals surface area contributed by atoms with E-state index in [1.807, 2.05) is 22.8 Å². The van der Waals surface area contributed by atoms with Crippen LogP contribution < -0.4 is 11.4 Å². The Hall–Kier alpha value is -3.86. The predicted molar refractivity (Wildman–Crippen MR) is 140 cm³/mol. The number of aromatic nitrogens is 5. The molecule has 2 unspecified atom stereocenters. The highest BCUT2D eigenvalue weighted by Gasteiger charge is 2.30. The fourth-order valence-electron chi connectivity index (χ4n) is 5.38. The van der Waals surface area contributed by atoms with Crippen LogP contribution in [-0.4, -0.2) is 24.5 Å². The Morgan fingerprint density at radius 3 is 2.59 bits per heavy atom. The van der Waals surface area contributed by atoms with E-state index < -0.39 is 5.76 Å². The van der Waals surface area contributed by atoms with Crippen molar-refractivity contribution >= 4 is 0 Å². The number of rotatable bonds is 10. The Labute approximate surface area is 216 Å². The molecule has 0 amide bonds. The van der Waals surface area contributed by atoms with Gasteiger partial charge in [-0.2, -0.15) is 5.10 Å². The summed E-state index contributed by atoms with van der Waals surface area (Å²) in [7, 11) is 0. The number of aromatic amines is 1. The molecule has 8 heteroatoms. The SMILES string of the molecule is CCCCc1nn(CCc2c#cccc2)c(=O)n1Cc1ccc(C2CCCCC2c2noc(=O)[nH]2)cc1. The normalized spacial score (nSPS) is 17.5. The molecule has 0 spiro atoms. The van der Waals surface area contributed by atoms with Crippen molar-refractivity contribution in [1.82, 2.24) is 24.5 Å². The van der Waals surface area contributed by atoms with Crippen LogP contribution in [0.2, 0.25) is 0 Å². The Kier molecular flexibility index (Phi) is 7.69. The quantitative estimate of drug-likeness (QED) is 0.349. The average Bonchev–Trinajstić information content (AvgIpc) is 3.50. The summed E-state index contributed by atoms with van der Waals surface area (Å²) in [5.74, 6) is 1.40. The maximum atomic E-state index is 13.3. The summed E-state index contributed by atoms with van der Waals surface area (Å²) in [4.78, 5) is 27.6. The smallest absolute Gasteiger partial charge is 0.296 e. The minimum absolute atomic E-state index is 0.0718. The molecule has 1 N–H and O–H groups in total. The van der Waals surface area contributed by atoms with Crippen molar-refractivity contribution in [3.8, 4) is 0 Å². The predicted octanol–water partition coefficient (Wildman–Crippen LogP) is 4.40. The second kappa shape index (κ2) is 11.5. The molecule has 0 saturated heterocycles. The van der Waals surface area contributed by atoms with Gasteiger partial charge >= 0.3 is 11.4 Å². The van der Waals surface area contributed by atoms with Gasteiger partial charge < -0.3 is 0 Å². The summed E-state index contributed by atoms with van der Waals surface area (Å²) in [6.07, 6.45) is 7.79. The summed E-state index contributed by atoms with van der Waals surface area (Å²) in [5.41, 5.74) is 3.24. The first kappa shape index (κ1) is 24.8. The third-order valence-electron chi connectivity index (χ3n) is 7.38. The van der Waals surface area contributed by atoms with Gasteiger partial charge in [-0.05, 0) is 48.4 Å². The van der Waals surface area contributed by atoms with Crippen LogP contribution in [0.25, 0.3) is 0 Å². The van der Waals surface area contributed by atoms with Crippen molar-refractivity contribution in [3.63, 3.8) is 0 Å². The lowest BCUT2D eigenvalue weighted by atomic mass is 9.75. The topological polar surface area (TPSA) is 98.7 Å². The largest absolute Gasteiger partial charge is 0.438 e. The van der Waals surface area contributed by atoms with E-state index in [9.17, 15) is 9.59 Å². The number of H-pyrrole nitrogens is 1. The summed E-state index contributed by atoms with van der Waals surface area (Å²) in [6, 6.07) is 20.3. The van der Waals surface area contributed by atoms with Gasteiger partial charge in [0.2, 0.25) is 0 Å². The van der Waals surface area contributed by atoms with Gasteiger partial charge in [0, 0.05) is 24.3 Å². The summed E-state index contributed by atoms with van der Waals surface area (Å²) < 4.78 is 8.18. The standard InChI is InChI=1S/C29H33N5O3/c1-2-3-13-26-31-34(19-18-21-9-5-4-6-10-21)29(36)33(26)20-22-14-16-23(17-15-22)24-11-7-8-12-25(24)27-30-28(35)37-32-27/h4-5,9,14-17,24-25H,2-3,7-8,11-13,18-20H2,1H3,(H,30,32,35). The molecule has 0 bridgehead atoms. The van der Waals surface area contributed by atoms with Crippen LogP contribution >= 0.6 is 0 Å². The van der Waals surface area contributed by atoms with Gasteiger partial charge in [0.25, 0.3) is 0 Å². The molecule has 0 aliphatic heterocycles. The lowest BCUT2D eigenvalue weighted by Crippen LogP contribution is -2.26. The van der Waals surface area contributed by atoms with Crippen molar-refractivity contribution < 1.29 is 4.52 Å². The average molecular weight is 500 g/mol. The Morgan fingerprint density at radius 1 is 1.08 bits per heavy atom. The molecule has 1 aliphatic carbocycles. The molecule has 1 saturated carbocycles. The van der Waals surface area contributed by atoms with E-state index in [0.29, 0.717) is 25.3 Å². The molecule has 1 aliphatic rings. The molecule has 192 valence electrons. The summed E-state index contributed by atoms with van der Waals surface area (Å²) in [6.45, 7) is 3.16. The highest BCUT2D eigenvalue weighted by atomic mass is 16.5. The second-order valence-electron chi connectivity index (χ2n) is 9.90. The molecule has 1 fully saturated rings. The van der Waals surface area contributed by atoms with Crippen molar-refractivity contribution in [2.45, 2.75) is 83.2 Å². The molecular weight excluding hydrogens is 466 g/mol. The Balaban J connectivity index is 1.34. The zero-order valence-electron chi connectivity index (χ0n) is 21.3. The fourth-order valence-corrected chi connectivity index (χ4v) is 5.38. The second-order valence-corrected chi connectivity index (χ2v) is 9.90. The van der Waals surface area contributed by atoms with Gasteiger partial charge in [-0.15, -0.1) is 0 Å². The van der Waals surface area contributed by atoms with E-state index in [2.05, 4.69) is 53.5 Å². The number of benzene rings is 1. The minimum Gasteiger partial charge on any atom is -0.296 e. The number of unbranched alkanes of at least 4 members (excludes halogenated alkanes) is 1. The first-order valence-corrected chi connectivity index (χ1v) is 13.3. The number of aryl methyl sites for hydroxylation is 3. The van der Waals surface area contributed by atoms with Gasteiger partial charge in [-0.25, -0.2) is 14.3 Å². The Morgan fingerprint density at radius 2 is 1.89 bits per heavy atom. The minimum atomic E-state index is -0.500. The number of nitrogens with zero attached hydrogens (tertiary/aromatic N) is 4. The maximum absolute atomic E-state index is 13.3. The highest BCUT2D eigenvalue weighted by Crippen LogP contribution is 2.42. The molecule has 2 aromatic heterocycles. The molecule has 8 nitrogen and oxygen atoms in total. The van der Waals surface area contributed by atoms with Crippen molar-refractivity contribution in [2.75, 3.05) is 0 Å². The number of nitrogens with one attached hydrogen (secondary N) is 1. The fraction of sp³-hybridized carbons (Fsp3) is 0.448. The first-order valence-electron chi connectivity index (χ1n) is 13.3. The van der Waals surface area contributed by atoms with Gasteiger partial charge in [0.1, 0.15) is 5.82 Å². The van der Waals surface area contributed by atoms with E-state index >= 15 is 0 Å². The van der Waals surface area contributed by atoms with Crippen molar-refractivity contribution in [2.24, 2.45) is 0 Å². The summed E-state index contributed by atoms with van der Waals surface area (Å²) in [5, 5.41) is 8.67. The van der Waals surface area contributed by atoms with Crippen LogP contribution in [0.1, 0.15) is 85.6 Å². The van der Waals surface area contributed by atoms with Crippen LogP contribution in [-0.2, 0) is 25.9 Å². The van der Waals surface area contributed by atoms with Gasteiger partial charge in [0.05, 0.1) is 13.1 Å². The molecule has 5 rings (SSSR count). The molecule has 0 radical (unpaired) electrons. The third-order valence-corrected chi connectivity index (χ3v) is 7.38. The molecule has 2 aromatic carbocycles. The molecule has 2 atom stereocenters. The molecule has 2 heterocycles. The highest BCUT2D eigenvalue weighted by molar-refractivity contribution is 5.28. The number of hydrogen-bond donors (Lipinski definition) is 1. The maximum Gasteiger partial charge on any atom is 0.438 e. The summed E-state index contributed by atoms with van der Waals surface area (Å²) >= 11 is 0. The van der Waals surface area contributed by atoms with Crippen LogP contribution in [0.5, 0.6) is 0 Å². The lowest BCUT2D eigenvalue weighted by Gasteiger charge is -2.30. The molecule has 37 heavy (non-hydrogen) atoms. The van der Waals surface area contributed by atoms with Crippen molar-refractivity contribution in [3.05, 3.63) is 104 Å². The van der Waals surface area contributed by atoms with Crippen LogP contribution in [0, 0.1) is 12.1 Å². The third kappa shape index (κ3) is 5.77. The van der Waals surface area contributed by atoms with E-state index in [0.717, 1.165) is 61.9 Å². The van der Waals surface area contributed by atoms with E-state index in [4.69, 9.17) is 9.62 Å². The molecular formula is C29H33N5O3. The lowest BCUT2D eigenvalue weighted by molar-refractivity contribution is 0.342. The number of hydrogen-bond acceptors (Lipinski definition) is 5. The van der Waals surface area contributed by atoms with E-state index in [1.165, 1.54) is 5.56 Å².